The molecule has 3 heterocycles. The van der Waals surface area contributed by atoms with Gasteiger partial charge in [-0.1, -0.05) is 12.1 Å². The van der Waals surface area contributed by atoms with E-state index in [-0.39, 0.29) is 16.2 Å². The van der Waals surface area contributed by atoms with Crippen molar-refractivity contribution in [3.8, 4) is 22.7 Å². The smallest absolute Gasteiger partial charge is 0.356 e. The highest BCUT2D eigenvalue weighted by Gasteiger charge is 2.36. The third-order valence-electron chi connectivity index (χ3n) is 5.99. The van der Waals surface area contributed by atoms with Gasteiger partial charge in [-0.2, -0.15) is 5.10 Å². The highest BCUT2D eigenvalue weighted by Crippen LogP contribution is 2.42. The normalized spacial score (nSPS) is 17.2. The second kappa shape index (κ2) is 8.29. The number of ether oxygens (including phenoxy) is 2. The van der Waals surface area contributed by atoms with Crippen molar-refractivity contribution in [1.82, 2.24) is 14.7 Å². The topological polar surface area (TPSA) is 111 Å². The zero-order valence-corrected chi connectivity index (χ0v) is 18.8. The maximum absolute atomic E-state index is 13.0. The molecule has 1 saturated heterocycles. The Morgan fingerprint density at radius 2 is 1.88 bits per heavy atom. The van der Waals surface area contributed by atoms with Crippen molar-refractivity contribution in [2.75, 3.05) is 33.4 Å². The molecule has 0 bridgehead atoms. The van der Waals surface area contributed by atoms with E-state index in [1.54, 1.807) is 12.1 Å². The van der Waals surface area contributed by atoms with Gasteiger partial charge in [0.25, 0.3) is 0 Å². The third kappa shape index (κ3) is 3.90. The monoisotopic (exact) mass is 469 g/mol. The molecule has 0 radical (unpaired) electrons. The number of methoxy groups -OCH3 is 1. The summed E-state index contributed by atoms with van der Waals surface area (Å²) in [7, 11) is -2.28. The second-order valence-corrected chi connectivity index (χ2v) is 10.0. The maximum Gasteiger partial charge on any atom is 0.356 e. The number of carboxylic acids is 1. The molecule has 1 aromatic heterocycles. The Morgan fingerprint density at radius 3 is 2.55 bits per heavy atom. The number of benzene rings is 2. The zero-order valence-electron chi connectivity index (χ0n) is 18.0. The largest absolute Gasteiger partial charge is 0.497 e. The minimum atomic E-state index is -3.75. The molecule has 33 heavy (non-hydrogen) atoms. The second-order valence-electron chi connectivity index (χ2n) is 8.07. The summed E-state index contributed by atoms with van der Waals surface area (Å²) in [6.45, 7) is 4.00. The number of sulfone groups is 1. The number of aromatic nitrogens is 2. The number of carbonyl (C=O) groups is 1. The summed E-state index contributed by atoms with van der Waals surface area (Å²) in [5.41, 5.74) is 2.60. The highest BCUT2D eigenvalue weighted by atomic mass is 32.2. The van der Waals surface area contributed by atoms with Crippen LogP contribution in [-0.2, 0) is 26.9 Å². The Kier molecular flexibility index (Phi) is 5.43. The first-order valence-corrected chi connectivity index (χ1v) is 12.2. The molecule has 1 fully saturated rings. The molecule has 2 aromatic carbocycles. The fourth-order valence-electron chi connectivity index (χ4n) is 4.33. The van der Waals surface area contributed by atoms with Crippen LogP contribution in [0.15, 0.2) is 47.4 Å². The zero-order chi connectivity index (χ0) is 23.2. The molecule has 3 aromatic rings. The van der Waals surface area contributed by atoms with Crippen molar-refractivity contribution in [1.29, 1.82) is 0 Å². The van der Waals surface area contributed by atoms with Crippen LogP contribution in [0.5, 0.6) is 5.75 Å². The number of nitrogens with zero attached hydrogens (tertiary/aromatic N) is 3. The first-order chi connectivity index (χ1) is 15.9. The van der Waals surface area contributed by atoms with Crippen LogP contribution in [0, 0.1) is 0 Å². The number of morpholine rings is 1. The van der Waals surface area contributed by atoms with Crippen molar-refractivity contribution < 1.29 is 27.8 Å². The first-order valence-electron chi connectivity index (χ1n) is 10.5. The van der Waals surface area contributed by atoms with E-state index in [0.717, 1.165) is 38.4 Å². The lowest BCUT2D eigenvalue weighted by Gasteiger charge is -2.26. The lowest BCUT2D eigenvalue weighted by Crippen LogP contribution is -2.35. The average molecular weight is 470 g/mol. The van der Waals surface area contributed by atoms with Crippen LogP contribution in [0.2, 0.25) is 0 Å². The van der Waals surface area contributed by atoms with Crippen LogP contribution in [0.3, 0.4) is 0 Å². The van der Waals surface area contributed by atoms with E-state index >= 15 is 0 Å². The summed E-state index contributed by atoms with van der Waals surface area (Å²) in [6.07, 6.45) is 0. The number of hydrogen-bond acceptors (Lipinski definition) is 7. The van der Waals surface area contributed by atoms with E-state index in [0.29, 0.717) is 22.7 Å². The molecule has 10 heteroatoms. The van der Waals surface area contributed by atoms with Gasteiger partial charge in [-0.3, -0.25) is 4.90 Å². The van der Waals surface area contributed by atoms with Crippen molar-refractivity contribution in [2.45, 2.75) is 17.2 Å². The molecule has 172 valence electrons. The van der Waals surface area contributed by atoms with E-state index in [9.17, 15) is 18.3 Å². The summed E-state index contributed by atoms with van der Waals surface area (Å²) >= 11 is 0. The Morgan fingerprint density at radius 1 is 1.15 bits per heavy atom. The van der Waals surface area contributed by atoms with E-state index in [2.05, 4.69) is 10.00 Å². The summed E-state index contributed by atoms with van der Waals surface area (Å²) in [4.78, 5) is 14.3. The van der Waals surface area contributed by atoms with Crippen molar-refractivity contribution >= 4 is 15.8 Å². The highest BCUT2D eigenvalue weighted by molar-refractivity contribution is 7.90. The molecule has 0 saturated carbocycles. The van der Waals surface area contributed by atoms with Gasteiger partial charge in [-0.05, 0) is 35.9 Å². The minimum Gasteiger partial charge on any atom is -0.497 e. The minimum absolute atomic E-state index is 0.108. The number of rotatable bonds is 5. The number of hydrogen-bond donors (Lipinski definition) is 1. The van der Waals surface area contributed by atoms with E-state index in [4.69, 9.17) is 9.47 Å². The molecule has 0 unspecified atom stereocenters. The Bertz CT molecular complexity index is 1320. The molecule has 1 N–H and O–H groups in total. The average Bonchev–Trinajstić information content (AvgIpc) is 3.19. The van der Waals surface area contributed by atoms with Crippen molar-refractivity contribution in [2.24, 2.45) is 0 Å². The van der Waals surface area contributed by atoms with E-state index < -0.39 is 21.6 Å². The molecule has 2 aliphatic rings. The summed E-state index contributed by atoms with van der Waals surface area (Å²) < 4.78 is 38.0. The van der Waals surface area contributed by atoms with Crippen LogP contribution in [0.4, 0.5) is 0 Å². The van der Waals surface area contributed by atoms with Gasteiger partial charge in [-0.15, -0.1) is 0 Å². The van der Waals surface area contributed by atoms with Gasteiger partial charge < -0.3 is 14.6 Å². The molecular weight excluding hydrogens is 446 g/mol. The van der Waals surface area contributed by atoms with Gasteiger partial charge in [0, 0.05) is 30.8 Å². The SMILES string of the molecule is COc1ccc2c(c1)S(=O)(=O)Cc1c(C(=O)O)nn(-c3ccc(CN4CCOCC4)cc3)c1-2. The van der Waals surface area contributed by atoms with Gasteiger partial charge in [-0.25, -0.2) is 17.9 Å². The molecule has 2 aliphatic heterocycles. The number of carboxylic acid groups (broad SMARTS) is 1. The lowest BCUT2D eigenvalue weighted by atomic mass is 10.0. The van der Waals surface area contributed by atoms with Crippen LogP contribution in [-0.4, -0.2) is 67.6 Å². The predicted octanol–water partition coefficient (Wildman–Crippen LogP) is 2.37. The molecule has 5 rings (SSSR count). The van der Waals surface area contributed by atoms with Gasteiger partial charge in [0.1, 0.15) is 5.75 Å². The molecule has 0 atom stereocenters. The standard InChI is InChI=1S/C23H23N3O6S/c1-31-17-6-7-18-20(12-17)33(29,30)14-19-21(23(27)28)24-26(22(18)19)16-4-2-15(3-5-16)13-25-8-10-32-11-9-25/h2-7,12H,8-11,13-14H2,1H3,(H,27,28). The predicted molar refractivity (Wildman–Crippen MR) is 119 cm³/mol. The van der Waals surface area contributed by atoms with Crippen LogP contribution in [0.1, 0.15) is 21.6 Å². The van der Waals surface area contributed by atoms with E-state index in [1.165, 1.54) is 17.9 Å². The Balaban J connectivity index is 1.59. The fourth-order valence-corrected chi connectivity index (χ4v) is 5.94. The quantitative estimate of drug-likeness (QED) is 0.606. The van der Waals surface area contributed by atoms with Crippen molar-refractivity contribution in [3.05, 3.63) is 59.3 Å². The van der Waals surface area contributed by atoms with Crippen LogP contribution < -0.4 is 4.74 Å². The van der Waals surface area contributed by atoms with Crippen molar-refractivity contribution in [3.63, 3.8) is 0 Å². The fraction of sp³-hybridized carbons (Fsp3) is 0.304. The van der Waals surface area contributed by atoms with Gasteiger partial charge in [0.2, 0.25) is 0 Å². The molecule has 0 spiro atoms. The third-order valence-corrected chi connectivity index (χ3v) is 7.67. The number of aromatic carboxylic acids is 1. The summed E-state index contributed by atoms with van der Waals surface area (Å²) in [5.74, 6) is -1.28. The molecule has 0 amide bonds. The van der Waals surface area contributed by atoms with Gasteiger partial charge in [0.05, 0.1) is 42.4 Å². The lowest BCUT2D eigenvalue weighted by molar-refractivity contribution is 0.0342. The van der Waals surface area contributed by atoms with Crippen LogP contribution >= 0.6 is 0 Å². The molecular formula is C23H23N3O6S. The van der Waals surface area contributed by atoms with Gasteiger partial charge >= 0.3 is 5.97 Å². The van der Waals surface area contributed by atoms with Crippen LogP contribution in [0.25, 0.3) is 16.9 Å². The maximum atomic E-state index is 13.0. The number of fused-ring (bicyclic) bond motifs is 3. The first kappa shape index (κ1) is 21.6. The summed E-state index contributed by atoms with van der Waals surface area (Å²) in [5, 5.41) is 14.0. The molecule has 0 aliphatic carbocycles. The molecule has 9 nitrogen and oxygen atoms in total. The van der Waals surface area contributed by atoms with Gasteiger partial charge in [0.15, 0.2) is 15.5 Å². The Hall–Kier alpha value is -3.21. The Labute approximate surface area is 191 Å². The van der Waals surface area contributed by atoms with E-state index in [1.807, 2.05) is 24.3 Å². The summed E-state index contributed by atoms with van der Waals surface area (Å²) in [6, 6.07) is 12.5.